The fourth-order valence-corrected chi connectivity index (χ4v) is 3.64. The number of hydrogen-bond acceptors (Lipinski definition) is 5. The Hall–Kier alpha value is -2.18. The molecule has 1 amide bonds. The molecule has 1 fully saturated rings. The van der Waals surface area contributed by atoms with Gasteiger partial charge in [-0.1, -0.05) is 12.1 Å². The molecule has 0 unspecified atom stereocenters. The maximum atomic E-state index is 12.3. The molecular formula is C19H22N2O3S. The lowest BCUT2D eigenvalue weighted by atomic mass is 10.1. The van der Waals surface area contributed by atoms with E-state index < -0.39 is 0 Å². The van der Waals surface area contributed by atoms with E-state index in [0.29, 0.717) is 13.2 Å². The number of nitrogens with one attached hydrogen (secondary N) is 1. The molecule has 1 saturated heterocycles. The van der Waals surface area contributed by atoms with Crippen molar-refractivity contribution in [2.75, 3.05) is 36.5 Å². The van der Waals surface area contributed by atoms with Crippen LogP contribution in [0.15, 0.2) is 36.4 Å². The Balaban J connectivity index is 1.58. The summed E-state index contributed by atoms with van der Waals surface area (Å²) in [4.78, 5) is 28.5. The van der Waals surface area contributed by atoms with E-state index in [1.54, 1.807) is 0 Å². The third-order valence-corrected chi connectivity index (χ3v) is 5.17. The molecule has 5 nitrogen and oxygen atoms in total. The normalized spacial score (nSPS) is 14.4. The number of nitrogens with zero attached hydrogens (tertiary/aromatic N) is 1. The summed E-state index contributed by atoms with van der Waals surface area (Å²) in [5, 5.41) is 2.95. The van der Waals surface area contributed by atoms with Crippen LogP contribution in [0, 0.1) is 6.92 Å². The maximum absolute atomic E-state index is 12.3. The molecule has 0 bridgehead atoms. The lowest BCUT2D eigenvalue weighted by molar-refractivity contribution is -0.116. The zero-order valence-electron chi connectivity index (χ0n) is 14.3. The lowest BCUT2D eigenvalue weighted by Gasteiger charge is -2.30. The molecular weight excluding hydrogens is 336 g/mol. The molecule has 2 heterocycles. The van der Waals surface area contributed by atoms with Gasteiger partial charge in [-0.05, 0) is 31.2 Å². The Morgan fingerprint density at radius 3 is 2.60 bits per heavy atom. The van der Waals surface area contributed by atoms with Crippen LogP contribution in [0.1, 0.15) is 27.4 Å². The van der Waals surface area contributed by atoms with Crippen LogP contribution in [0.4, 0.5) is 11.4 Å². The van der Waals surface area contributed by atoms with Crippen molar-refractivity contribution < 1.29 is 14.3 Å². The average Bonchev–Trinajstić information content (AvgIpc) is 3.07. The number of Topliss-reactive ketones (excluding diaryl/α,β-unsaturated/α-hetero) is 1. The molecule has 1 aliphatic rings. The van der Waals surface area contributed by atoms with Crippen molar-refractivity contribution in [3.05, 3.63) is 46.2 Å². The number of rotatable bonds is 6. The number of ether oxygens (including phenoxy) is 1. The molecule has 0 atom stereocenters. The Kier molecular flexibility index (Phi) is 5.83. The summed E-state index contributed by atoms with van der Waals surface area (Å²) in [5.41, 5.74) is 1.79. The van der Waals surface area contributed by atoms with Crippen LogP contribution in [-0.2, 0) is 9.53 Å². The fourth-order valence-electron chi connectivity index (χ4n) is 2.81. The molecule has 25 heavy (non-hydrogen) atoms. The zero-order valence-corrected chi connectivity index (χ0v) is 15.1. The van der Waals surface area contributed by atoms with Crippen LogP contribution in [0.25, 0.3) is 0 Å². The topological polar surface area (TPSA) is 58.6 Å². The van der Waals surface area contributed by atoms with Gasteiger partial charge in [-0.2, -0.15) is 0 Å². The molecule has 6 heteroatoms. The van der Waals surface area contributed by atoms with Crippen LogP contribution >= 0.6 is 11.3 Å². The van der Waals surface area contributed by atoms with Crippen molar-refractivity contribution >= 4 is 34.4 Å². The van der Waals surface area contributed by atoms with E-state index in [1.807, 2.05) is 43.3 Å². The molecule has 1 N–H and O–H groups in total. The summed E-state index contributed by atoms with van der Waals surface area (Å²) >= 11 is 1.47. The van der Waals surface area contributed by atoms with Crippen LogP contribution in [0.3, 0.4) is 0 Å². The first kappa shape index (κ1) is 17.6. The minimum atomic E-state index is -0.137. The third kappa shape index (κ3) is 4.67. The van der Waals surface area contributed by atoms with Crippen LogP contribution in [0.5, 0.6) is 0 Å². The van der Waals surface area contributed by atoms with E-state index in [2.05, 4.69) is 10.2 Å². The molecule has 3 rings (SSSR count). The number of aryl methyl sites for hydroxylation is 1. The van der Waals surface area contributed by atoms with Gasteiger partial charge in [-0.25, -0.2) is 0 Å². The van der Waals surface area contributed by atoms with Crippen molar-refractivity contribution in [3.63, 3.8) is 0 Å². The van der Waals surface area contributed by atoms with Gasteiger partial charge in [0.05, 0.1) is 29.5 Å². The number of thiophene rings is 1. The van der Waals surface area contributed by atoms with E-state index in [4.69, 9.17) is 4.74 Å². The summed E-state index contributed by atoms with van der Waals surface area (Å²) in [6, 6.07) is 11.5. The Morgan fingerprint density at radius 2 is 1.88 bits per heavy atom. The Bertz CT molecular complexity index is 751. The molecule has 132 valence electrons. The van der Waals surface area contributed by atoms with E-state index in [1.165, 1.54) is 11.3 Å². The molecule has 1 aromatic heterocycles. The van der Waals surface area contributed by atoms with Crippen molar-refractivity contribution in [2.45, 2.75) is 19.8 Å². The van der Waals surface area contributed by atoms with Crippen molar-refractivity contribution in [2.24, 2.45) is 0 Å². The van der Waals surface area contributed by atoms with Gasteiger partial charge in [0.15, 0.2) is 5.78 Å². The summed E-state index contributed by atoms with van der Waals surface area (Å²) in [6.07, 6.45) is 0.415. The van der Waals surface area contributed by atoms with Gasteiger partial charge in [0.25, 0.3) is 0 Å². The number of carbonyl (C=O) groups is 2. The van der Waals surface area contributed by atoms with Crippen molar-refractivity contribution in [1.29, 1.82) is 0 Å². The van der Waals surface area contributed by atoms with Gasteiger partial charge >= 0.3 is 0 Å². The predicted octanol–water partition coefficient (Wildman–Crippen LogP) is 3.49. The molecule has 0 spiro atoms. The monoisotopic (exact) mass is 358 g/mol. The predicted molar refractivity (Wildman–Crippen MR) is 101 cm³/mol. The number of para-hydroxylation sites is 2. The van der Waals surface area contributed by atoms with Gasteiger partial charge in [-0.3, -0.25) is 9.59 Å². The molecule has 1 aliphatic heterocycles. The second-order valence-electron chi connectivity index (χ2n) is 6.00. The number of carbonyl (C=O) groups excluding carboxylic acids is 2. The molecule has 1 aromatic carbocycles. The van der Waals surface area contributed by atoms with Crippen molar-refractivity contribution in [3.8, 4) is 0 Å². The van der Waals surface area contributed by atoms with E-state index in [9.17, 15) is 9.59 Å². The number of morpholine rings is 1. The highest BCUT2D eigenvalue weighted by atomic mass is 32.1. The summed E-state index contributed by atoms with van der Waals surface area (Å²) < 4.78 is 5.39. The maximum Gasteiger partial charge on any atom is 0.224 e. The average molecular weight is 358 g/mol. The van der Waals surface area contributed by atoms with Gasteiger partial charge in [0.2, 0.25) is 5.91 Å². The standard InChI is InChI=1S/C19H22N2O3S/c1-14-6-8-18(25-14)17(22)7-9-19(23)20-15-4-2-3-5-16(15)21-10-12-24-13-11-21/h2-6,8H,7,9-13H2,1H3,(H,20,23). The second-order valence-corrected chi connectivity index (χ2v) is 7.29. The highest BCUT2D eigenvalue weighted by molar-refractivity contribution is 7.14. The fraction of sp³-hybridized carbons (Fsp3) is 0.368. The Labute approximate surface area is 151 Å². The minimum Gasteiger partial charge on any atom is -0.378 e. The highest BCUT2D eigenvalue weighted by Gasteiger charge is 2.16. The summed E-state index contributed by atoms with van der Waals surface area (Å²) in [7, 11) is 0. The number of ketones is 1. The quantitative estimate of drug-likeness (QED) is 0.803. The van der Waals surface area contributed by atoms with Crippen LogP contribution in [0.2, 0.25) is 0 Å². The van der Waals surface area contributed by atoms with Gasteiger partial charge in [-0.15, -0.1) is 11.3 Å². The van der Waals surface area contributed by atoms with Crippen molar-refractivity contribution in [1.82, 2.24) is 0 Å². The largest absolute Gasteiger partial charge is 0.378 e. The van der Waals surface area contributed by atoms with E-state index in [0.717, 1.165) is 34.2 Å². The second kappa shape index (κ2) is 8.27. The van der Waals surface area contributed by atoms with Crippen LogP contribution < -0.4 is 10.2 Å². The zero-order chi connectivity index (χ0) is 17.6. The third-order valence-electron chi connectivity index (χ3n) is 4.12. The molecule has 0 saturated carbocycles. The SMILES string of the molecule is Cc1ccc(C(=O)CCC(=O)Nc2ccccc2N2CCOCC2)s1. The lowest BCUT2D eigenvalue weighted by Crippen LogP contribution is -2.36. The summed E-state index contributed by atoms with van der Waals surface area (Å²) in [5.74, 6) is -0.114. The van der Waals surface area contributed by atoms with Gasteiger partial charge in [0, 0.05) is 30.8 Å². The highest BCUT2D eigenvalue weighted by Crippen LogP contribution is 2.26. The minimum absolute atomic E-state index is 0.0229. The van der Waals surface area contributed by atoms with E-state index in [-0.39, 0.29) is 24.5 Å². The van der Waals surface area contributed by atoms with Gasteiger partial charge < -0.3 is 15.0 Å². The van der Waals surface area contributed by atoms with E-state index >= 15 is 0 Å². The molecule has 2 aromatic rings. The molecule has 0 aliphatic carbocycles. The Morgan fingerprint density at radius 1 is 1.12 bits per heavy atom. The van der Waals surface area contributed by atoms with Crippen LogP contribution in [-0.4, -0.2) is 38.0 Å². The number of benzene rings is 1. The number of amides is 1. The smallest absolute Gasteiger partial charge is 0.224 e. The first-order valence-electron chi connectivity index (χ1n) is 8.45. The van der Waals surface area contributed by atoms with Gasteiger partial charge in [0.1, 0.15) is 0 Å². The first-order chi connectivity index (χ1) is 12.1. The first-order valence-corrected chi connectivity index (χ1v) is 9.26. The molecule has 0 radical (unpaired) electrons. The number of hydrogen-bond donors (Lipinski definition) is 1. The number of anilines is 2. The summed E-state index contributed by atoms with van der Waals surface area (Å²) in [6.45, 7) is 4.97.